The Labute approximate surface area is 182 Å². The molecular formula is C24H30FN5O. The molecule has 31 heavy (non-hydrogen) atoms. The van der Waals surface area contributed by atoms with E-state index in [1.165, 1.54) is 6.07 Å². The van der Waals surface area contributed by atoms with Gasteiger partial charge in [0.25, 0.3) is 5.91 Å². The van der Waals surface area contributed by atoms with Gasteiger partial charge in [-0.15, -0.1) is 0 Å². The zero-order chi connectivity index (χ0) is 22.2. The fourth-order valence-electron chi connectivity index (χ4n) is 3.54. The van der Waals surface area contributed by atoms with E-state index >= 15 is 0 Å². The lowest BCUT2D eigenvalue weighted by atomic mass is 10.1. The number of hydrogen-bond donors (Lipinski definition) is 3. The molecule has 0 radical (unpaired) electrons. The first-order valence-electron chi connectivity index (χ1n) is 10.6. The number of aliphatic imine (C=N–C) groups is 1. The van der Waals surface area contributed by atoms with Gasteiger partial charge in [-0.1, -0.05) is 12.1 Å². The van der Waals surface area contributed by atoms with Crippen molar-refractivity contribution in [3.05, 3.63) is 71.2 Å². The van der Waals surface area contributed by atoms with Crippen LogP contribution in [0.5, 0.6) is 0 Å². The smallest absolute Gasteiger partial charge is 0.253 e. The number of H-pyrrole nitrogens is 1. The summed E-state index contributed by atoms with van der Waals surface area (Å²) in [6.45, 7) is 6.63. The largest absolute Gasteiger partial charge is 0.361 e. The first-order chi connectivity index (χ1) is 15.0. The molecule has 0 saturated heterocycles. The molecule has 3 aromatic rings. The molecule has 0 aliphatic carbocycles. The molecule has 3 N–H and O–H groups in total. The molecule has 6 nitrogen and oxygen atoms in total. The second-order valence-electron chi connectivity index (χ2n) is 7.28. The summed E-state index contributed by atoms with van der Waals surface area (Å²) in [7, 11) is 1.72. The van der Waals surface area contributed by atoms with E-state index in [0.29, 0.717) is 37.7 Å². The van der Waals surface area contributed by atoms with E-state index in [0.717, 1.165) is 28.5 Å². The lowest BCUT2D eigenvalue weighted by molar-refractivity contribution is 0.0773. The molecule has 0 spiro atoms. The van der Waals surface area contributed by atoms with E-state index in [1.807, 2.05) is 44.3 Å². The first kappa shape index (κ1) is 22.3. The maximum atomic E-state index is 13.5. The van der Waals surface area contributed by atoms with Crippen LogP contribution in [0.3, 0.4) is 0 Å². The highest BCUT2D eigenvalue weighted by Gasteiger charge is 2.12. The number of guanidine groups is 1. The third-order valence-corrected chi connectivity index (χ3v) is 5.35. The Balaban J connectivity index is 1.50. The molecule has 0 fully saturated rings. The third-order valence-electron chi connectivity index (χ3n) is 5.35. The van der Waals surface area contributed by atoms with Crippen molar-refractivity contribution in [2.24, 2.45) is 4.99 Å². The number of fused-ring (bicyclic) bond motifs is 1. The topological polar surface area (TPSA) is 72.5 Å². The predicted octanol–water partition coefficient (Wildman–Crippen LogP) is 3.70. The molecule has 0 bridgehead atoms. The molecule has 7 heteroatoms. The fraction of sp³-hybridized carbons (Fsp3) is 0.333. The maximum Gasteiger partial charge on any atom is 0.253 e. The number of nitrogens with one attached hydrogen (secondary N) is 3. The van der Waals surface area contributed by atoms with E-state index in [4.69, 9.17) is 0 Å². The summed E-state index contributed by atoms with van der Waals surface area (Å²) in [6.07, 6.45) is 2.66. The molecule has 1 amide bonds. The summed E-state index contributed by atoms with van der Waals surface area (Å²) < 4.78 is 13.5. The minimum atomic E-state index is -0.233. The number of benzene rings is 2. The van der Waals surface area contributed by atoms with Gasteiger partial charge in [-0.3, -0.25) is 9.79 Å². The van der Waals surface area contributed by atoms with Crippen LogP contribution in [0.2, 0.25) is 0 Å². The average Bonchev–Trinajstić information content (AvgIpc) is 3.19. The molecule has 164 valence electrons. The predicted molar refractivity (Wildman–Crippen MR) is 124 cm³/mol. The number of aromatic nitrogens is 1. The standard InChI is InChI=1S/C24H30FN5O/c1-4-30(5-2)23(31)18-8-6-17(7-9-18)15-29-24(26-3)27-13-12-19-16-28-22-11-10-20(25)14-21(19)22/h6-11,14,16,28H,4-5,12-13,15H2,1-3H3,(H2,26,27,29). The Morgan fingerprint density at radius 1 is 1.10 bits per heavy atom. The van der Waals surface area contributed by atoms with Crippen molar-refractivity contribution in [1.82, 2.24) is 20.5 Å². The summed E-state index contributed by atoms with van der Waals surface area (Å²) in [5, 5.41) is 7.48. The maximum absolute atomic E-state index is 13.5. The number of amides is 1. The number of carbonyl (C=O) groups is 1. The molecule has 0 unspecified atom stereocenters. The van der Waals surface area contributed by atoms with Crippen LogP contribution >= 0.6 is 0 Å². The first-order valence-corrected chi connectivity index (χ1v) is 10.6. The Bertz CT molecular complexity index is 1040. The number of carbonyl (C=O) groups excluding carboxylic acids is 1. The lowest BCUT2D eigenvalue weighted by Gasteiger charge is -2.18. The van der Waals surface area contributed by atoms with Crippen molar-refractivity contribution >= 4 is 22.8 Å². The molecule has 0 saturated carbocycles. The van der Waals surface area contributed by atoms with E-state index in [-0.39, 0.29) is 11.7 Å². The zero-order valence-electron chi connectivity index (χ0n) is 18.3. The number of nitrogens with zero attached hydrogens (tertiary/aromatic N) is 2. The summed E-state index contributed by atoms with van der Waals surface area (Å²) in [4.78, 5) is 21.6. The van der Waals surface area contributed by atoms with E-state index < -0.39 is 0 Å². The third kappa shape index (κ3) is 5.63. The van der Waals surface area contributed by atoms with Crippen LogP contribution in [-0.2, 0) is 13.0 Å². The van der Waals surface area contributed by atoms with Crippen LogP contribution in [0.1, 0.15) is 35.3 Å². The van der Waals surface area contributed by atoms with E-state index in [9.17, 15) is 9.18 Å². The Kier molecular flexibility index (Phi) is 7.65. The van der Waals surface area contributed by atoms with E-state index in [2.05, 4.69) is 20.6 Å². The Morgan fingerprint density at radius 3 is 2.52 bits per heavy atom. The van der Waals surface area contributed by atoms with E-state index in [1.54, 1.807) is 24.1 Å². The summed E-state index contributed by atoms with van der Waals surface area (Å²) in [6, 6.07) is 12.4. The number of aromatic amines is 1. The van der Waals surface area contributed by atoms with Crippen LogP contribution in [0.15, 0.2) is 53.7 Å². The van der Waals surface area contributed by atoms with Gasteiger partial charge >= 0.3 is 0 Å². The molecule has 0 aliphatic heterocycles. The van der Waals surface area contributed by atoms with Gasteiger partial charge in [0.2, 0.25) is 0 Å². The highest BCUT2D eigenvalue weighted by atomic mass is 19.1. The molecule has 0 atom stereocenters. The van der Waals surface area contributed by atoms with Gasteiger partial charge in [0.05, 0.1) is 0 Å². The number of rotatable bonds is 8. The minimum Gasteiger partial charge on any atom is -0.361 e. The molecule has 1 aromatic heterocycles. The second kappa shape index (κ2) is 10.6. The minimum absolute atomic E-state index is 0.0548. The second-order valence-corrected chi connectivity index (χ2v) is 7.28. The van der Waals surface area contributed by atoms with Crippen molar-refractivity contribution in [2.75, 3.05) is 26.7 Å². The van der Waals surface area contributed by atoms with Gasteiger partial charge in [0.15, 0.2) is 5.96 Å². The van der Waals surface area contributed by atoms with Crippen LogP contribution in [0, 0.1) is 5.82 Å². The van der Waals surface area contributed by atoms with Crippen LogP contribution in [0.25, 0.3) is 10.9 Å². The normalized spacial score (nSPS) is 11.5. The van der Waals surface area contributed by atoms with Crippen molar-refractivity contribution in [3.8, 4) is 0 Å². The molecule has 1 heterocycles. The van der Waals surface area contributed by atoms with Gasteiger partial charge in [0, 0.05) is 55.9 Å². The van der Waals surface area contributed by atoms with Gasteiger partial charge in [-0.2, -0.15) is 0 Å². The molecular weight excluding hydrogens is 393 g/mol. The zero-order valence-corrected chi connectivity index (χ0v) is 18.3. The van der Waals surface area contributed by atoms with Crippen molar-refractivity contribution < 1.29 is 9.18 Å². The SMILES string of the molecule is CCN(CC)C(=O)c1ccc(CNC(=NC)NCCc2c[nH]c3ccc(F)cc23)cc1. The average molecular weight is 424 g/mol. The quantitative estimate of drug-likeness (QED) is 0.382. The monoisotopic (exact) mass is 423 g/mol. The van der Waals surface area contributed by atoms with Gasteiger partial charge in [-0.25, -0.2) is 4.39 Å². The lowest BCUT2D eigenvalue weighted by Crippen LogP contribution is -2.37. The van der Waals surface area contributed by atoms with Gasteiger partial charge < -0.3 is 20.5 Å². The molecule has 3 rings (SSSR count). The summed E-state index contributed by atoms with van der Waals surface area (Å²) in [5.74, 6) is 0.511. The van der Waals surface area contributed by atoms with Crippen molar-refractivity contribution in [1.29, 1.82) is 0 Å². The van der Waals surface area contributed by atoms with Crippen molar-refractivity contribution in [3.63, 3.8) is 0 Å². The Hall–Kier alpha value is -3.35. The van der Waals surface area contributed by atoms with Crippen LogP contribution in [0.4, 0.5) is 4.39 Å². The number of halogens is 1. The Morgan fingerprint density at radius 2 is 1.84 bits per heavy atom. The van der Waals surface area contributed by atoms with Gasteiger partial charge in [-0.05, 0) is 61.7 Å². The van der Waals surface area contributed by atoms with Crippen molar-refractivity contribution in [2.45, 2.75) is 26.8 Å². The van der Waals surface area contributed by atoms with Crippen LogP contribution < -0.4 is 10.6 Å². The summed E-state index contributed by atoms with van der Waals surface area (Å²) >= 11 is 0. The summed E-state index contributed by atoms with van der Waals surface area (Å²) in [5.41, 5.74) is 3.75. The van der Waals surface area contributed by atoms with Crippen LogP contribution in [-0.4, -0.2) is 48.4 Å². The highest BCUT2D eigenvalue weighted by molar-refractivity contribution is 5.94. The molecule has 0 aliphatic rings. The van der Waals surface area contributed by atoms with Gasteiger partial charge in [0.1, 0.15) is 5.82 Å². The fourth-order valence-corrected chi connectivity index (χ4v) is 3.54. The highest BCUT2D eigenvalue weighted by Crippen LogP contribution is 2.19. The number of hydrogen-bond acceptors (Lipinski definition) is 2. The molecule has 2 aromatic carbocycles.